The number of hydrogen-bond acceptors (Lipinski definition) is 3. The molecule has 0 amide bonds. The van der Waals surface area contributed by atoms with E-state index in [1.165, 1.54) is 19.0 Å². The van der Waals surface area contributed by atoms with Crippen LogP contribution in [0.3, 0.4) is 0 Å². The number of rotatable bonds is 4. The zero-order valence-corrected chi connectivity index (χ0v) is 9.78. The van der Waals surface area contributed by atoms with E-state index in [0.29, 0.717) is 12.3 Å². The molecule has 0 bridgehead atoms. The second-order valence-corrected chi connectivity index (χ2v) is 4.83. The van der Waals surface area contributed by atoms with E-state index >= 15 is 0 Å². The van der Waals surface area contributed by atoms with Crippen molar-refractivity contribution in [1.29, 1.82) is 0 Å². The third-order valence-corrected chi connectivity index (χ3v) is 3.42. The van der Waals surface area contributed by atoms with E-state index in [0.717, 1.165) is 11.3 Å². The normalized spacial score (nSPS) is 17.1. The van der Waals surface area contributed by atoms with Gasteiger partial charge in [-0.1, -0.05) is 0 Å². The molecule has 1 aliphatic rings. The molecule has 1 aromatic heterocycles. The van der Waals surface area contributed by atoms with Crippen LogP contribution in [0.2, 0.25) is 0 Å². The average Bonchev–Trinajstić information content (AvgIpc) is 3.03. The van der Waals surface area contributed by atoms with Crippen LogP contribution in [0.5, 0.6) is 0 Å². The zero-order chi connectivity index (χ0) is 11.7. The Morgan fingerprint density at radius 1 is 1.69 bits per heavy atom. The van der Waals surface area contributed by atoms with Gasteiger partial charge in [-0.15, -0.1) is 11.6 Å². The van der Waals surface area contributed by atoms with Crippen LogP contribution in [0.25, 0.3) is 0 Å². The summed E-state index contributed by atoms with van der Waals surface area (Å²) < 4.78 is 0. The minimum Gasteiger partial charge on any atom is -0.258 e. The van der Waals surface area contributed by atoms with Crippen LogP contribution >= 0.6 is 11.6 Å². The lowest BCUT2D eigenvalue weighted by atomic mass is 10.1. The van der Waals surface area contributed by atoms with Crippen molar-refractivity contribution in [2.75, 3.05) is 0 Å². The van der Waals surface area contributed by atoms with Crippen molar-refractivity contribution in [2.45, 2.75) is 31.6 Å². The summed E-state index contributed by atoms with van der Waals surface area (Å²) in [6, 6.07) is 1.55. The van der Waals surface area contributed by atoms with Gasteiger partial charge in [-0.2, -0.15) is 0 Å². The maximum absolute atomic E-state index is 10.5. The molecule has 1 saturated carbocycles. The van der Waals surface area contributed by atoms with Crippen LogP contribution in [0.15, 0.2) is 12.3 Å². The molecule has 86 valence electrons. The molecule has 1 aliphatic carbocycles. The lowest BCUT2D eigenvalue weighted by molar-refractivity contribution is -0.385. The molecule has 0 N–H and O–H groups in total. The van der Waals surface area contributed by atoms with Crippen LogP contribution in [0.4, 0.5) is 5.69 Å². The number of hydrogen-bond donors (Lipinski definition) is 0. The van der Waals surface area contributed by atoms with Crippen LogP contribution in [-0.2, 0) is 6.42 Å². The minimum absolute atomic E-state index is 0.0406. The van der Waals surface area contributed by atoms with Gasteiger partial charge in [-0.25, -0.2) is 0 Å². The highest BCUT2D eigenvalue weighted by Crippen LogP contribution is 2.37. The van der Waals surface area contributed by atoms with Gasteiger partial charge in [-0.3, -0.25) is 15.1 Å². The van der Waals surface area contributed by atoms with E-state index in [2.05, 4.69) is 4.98 Å². The molecule has 0 saturated heterocycles. The van der Waals surface area contributed by atoms with Crippen LogP contribution < -0.4 is 0 Å². The third kappa shape index (κ3) is 2.50. The fourth-order valence-electron chi connectivity index (χ4n) is 1.71. The molecule has 0 aromatic carbocycles. The van der Waals surface area contributed by atoms with Crippen molar-refractivity contribution < 1.29 is 4.92 Å². The Morgan fingerprint density at radius 2 is 2.38 bits per heavy atom. The topological polar surface area (TPSA) is 56.0 Å². The Hall–Kier alpha value is -1.16. The molecule has 0 radical (unpaired) electrons. The quantitative estimate of drug-likeness (QED) is 0.462. The van der Waals surface area contributed by atoms with Crippen LogP contribution in [0, 0.1) is 23.0 Å². The molecule has 1 heterocycles. The maximum atomic E-state index is 10.5. The monoisotopic (exact) mass is 240 g/mol. The van der Waals surface area contributed by atoms with Gasteiger partial charge in [0.2, 0.25) is 0 Å². The summed E-state index contributed by atoms with van der Waals surface area (Å²) in [5, 5.41) is 10.7. The lowest BCUT2D eigenvalue weighted by Gasteiger charge is -2.09. The molecule has 1 atom stereocenters. The van der Waals surface area contributed by atoms with Crippen molar-refractivity contribution in [3.8, 4) is 0 Å². The highest BCUT2D eigenvalue weighted by Gasteiger charge is 2.30. The minimum atomic E-state index is -0.428. The summed E-state index contributed by atoms with van der Waals surface area (Å²) in [7, 11) is 0. The molecule has 0 spiro atoms. The number of alkyl halides is 1. The SMILES string of the molecule is Cc1cc([N+](=O)[O-])cnc1CC(Cl)C1CC1. The zero-order valence-electron chi connectivity index (χ0n) is 9.02. The van der Waals surface area contributed by atoms with Crippen molar-refractivity contribution in [3.05, 3.63) is 33.6 Å². The summed E-state index contributed by atoms with van der Waals surface area (Å²) >= 11 is 6.21. The Morgan fingerprint density at radius 3 is 2.88 bits per heavy atom. The van der Waals surface area contributed by atoms with E-state index in [-0.39, 0.29) is 11.1 Å². The molecular weight excluding hydrogens is 228 g/mol. The first-order valence-electron chi connectivity index (χ1n) is 5.32. The van der Waals surface area contributed by atoms with E-state index < -0.39 is 4.92 Å². The Bertz CT molecular complexity index is 418. The fraction of sp³-hybridized carbons (Fsp3) is 0.545. The van der Waals surface area contributed by atoms with Gasteiger partial charge in [-0.05, 0) is 31.2 Å². The molecule has 1 unspecified atom stereocenters. The van der Waals surface area contributed by atoms with Gasteiger partial charge in [0.05, 0.1) is 4.92 Å². The predicted octanol–water partition coefficient (Wildman–Crippen LogP) is 2.86. The number of nitro groups is 1. The van der Waals surface area contributed by atoms with Crippen LogP contribution in [-0.4, -0.2) is 15.3 Å². The molecule has 1 aromatic rings. The van der Waals surface area contributed by atoms with Gasteiger partial charge >= 0.3 is 0 Å². The molecule has 4 nitrogen and oxygen atoms in total. The first-order chi connectivity index (χ1) is 7.58. The van der Waals surface area contributed by atoms with Gasteiger partial charge in [0, 0.05) is 23.6 Å². The maximum Gasteiger partial charge on any atom is 0.287 e. The van der Waals surface area contributed by atoms with Gasteiger partial charge < -0.3 is 0 Å². The van der Waals surface area contributed by atoms with Gasteiger partial charge in [0.15, 0.2) is 0 Å². The summed E-state index contributed by atoms with van der Waals surface area (Å²) in [6.07, 6.45) is 4.40. The third-order valence-electron chi connectivity index (χ3n) is 2.90. The van der Waals surface area contributed by atoms with E-state index in [1.807, 2.05) is 6.92 Å². The van der Waals surface area contributed by atoms with Crippen LogP contribution in [0.1, 0.15) is 24.1 Å². The Kier molecular flexibility index (Phi) is 3.10. The first-order valence-corrected chi connectivity index (χ1v) is 5.75. The van der Waals surface area contributed by atoms with Gasteiger partial charge in [0.25, 0.3) is 5.69 Å². The number of pyridine rings is 1. The van der Waals surface area contributed by atoms with Crippen molar-refractivity contribution in [3.63, 3.8) is 0 Å². The Balaban J connectivity index is 2.12. The number of halogens is 1. The lowest BCUT2D eigenvalue weighted by Crippen LogP contribution is -2.09. The average molecular weight is 241 g/mol. The first kappa shape index (κ1) is 11.3. The van der Waals surface area contributed by atoms with E-state index in [1.54, 1.807) is 6.07 Å². The second-order valence-electron chi connectivity index (χ2n) is 4.27. The highest BCUT2D eigenvalue weighted by molar-refractivity contribution is 6.21. The van der Waals surface area contributed by atoms with Gasteiger partial charge in [0.1, 0.15) is 6.20 Å². The predicted molar refractivity (Wildman–Crippen MR) is 61.7 cm³/mol. The van der Waals surface area contributed by atoms with Crippen molar-refractivity contribution in [2.24, 2.45) is 5.92 Å². The molecular formula is C11H13ClN2O2. The Labute approximate surface area is 98.8 Å². The molecule has 2 rings (SSSR count). The molecule has 16 heavy (non-hydrogen) atoms. The second kappa shape index (κ2) is 4.37. The summed E-state index contributed by atoms with van der Waals surface area (Å²) in [5.74, 6) is 0.609. The highest BCUT2D eigenvalue weighted by atomic mass is 35.5. The smallest absolute Gasteiger partial charge is 0.258 e. The molecule has 0 aliphatic heterocycles. The molecule has 5 heteroatoms. The largest absolute Gasteiger partial charge is 0.287 e. The number of aryl methyl sites for hydroxylation is 1. The van der Waals surface area contributed by atoms with Crippen molar-refractivity contribution >= 4 is 17.3 Å². The van der Waals surface area contributed by atoms with Crippen molar-refractivity contribution in [1.82, 2.24) is 4.98 Å². The fourth-order valence-corrected chi connectivity index (χ4v) is 2.11. The van der Waals surface area contributed by atoms with E-state index in [9.17, 15) is 10.1 Å². The summed E-state index contributed by atoms with van der Waals surface area (Å²) in [5.41, 5.74) is 1.76. The molecule has 1 fully saturated rings. The van der Waals surface area contributed by atoms with E-state index in [4.69, 9.17) is 11.6 Å². The summed E-state index contributed by atoms with van der Waals surface area (Å²) in [6.45, 7) is 1.84. The summed E-state index contributed by atoms with van der Waals surface area (Å²) in [4.78, 5) is 14.2. The number of nitrogens with zero attached hydrogens (tertiary/aromatic N) is 2. The standard InChI is InChI=1S/C11H13ClN2O2/c1-7-4-9(14(15)16)6-13-11(7)5-10(12)8-2-3-8/h4,6,8,10H,2-3,5H2,1H3. The number of aromatic nitrogens is 1.